The summed E-state index contributed by atoms with van der Waals surface area (Å²) in [6, 6.07) is 18.8. The highest BCUT2D eigenvalue weighted by atomic mass is 127. The van der Waals surface area contributed by atoms with Crippen molar-refractivity contribution >= 4 is 29.9 Å². The number of methoxy groups -OCH3 is 1. The van der Waals surface area contributed by atoms with Gasteiger partial charge in [0, 0.05) is 58.4 Å². The molecule has 7 heteroatoms. The zero-order valence-electron chi connectivity index (χ0n) is 18.7. The summed E-state index contributed by atoms with van der Waals surface area (Å²) >= 11 is 0. The highest BCUT2D eigenvalue weighted by Crippen LogP contribution is 2.16. The van der Waals surface area contributed by atoms with Crippen LogP contribution in [0.1, 0.15) is 17.5 Å². The van der Waals surface area contributed by atoms with Gasteiger partial charge in [-0.1, -0.05) is 48.5 Å². The number of ether oxygens (including phenoxy) is 1. The minimum atomic E-state index is 0. The lowest BCUT2D eigenvalue weighted by molar-refractivity contribution is 0.126. The van der Waals surface area contributed by atoms with Crippen LogP contribution in [0.3, 0.4) is 0 Å². The normalized spacial score (nSPS) is 15.2. The Morgan fingerprint density at radius 3 is 2.32 bits per heavy atom. The van der Waals surface area contributed by atoms with Gasteiger partial charge in [-0.25, -0.2) is 0 Å². The maximum atomic E-state index is 5.41. The number of piperazine rings is 1. The molecule has 1 saturated heterocycles. The van der Waals surface area contributed by atoms with E-state index in [1.54, 1.807) is 7.11 Å². The molecule has 3 rings (SSSR count). The number of benzene rings is 2. The first-order valence-corrected chi connectivity index (χ1v) is 10.8. The van der Waals surface area contributed by atoms with Gasteiger partial charge in [-0.05, 0) is 24.6 Å². The van der Waals surface area contributed by atoms with E-state index in [0.717, 1.165) is 69.5 Å². The molecule has 2 aromatic rings. The summed E-state index contributed by atoms with van der Waals surface area (Å²) in [6.45, 7) is 8.36. The molecule has 2 aromatic carbocycles. The Labute approximate surface area is 204 Å². The number of para-hydroxylation sites is 1. The van der Waals surface area contributed by atoms with E-state index in [-0.39, 0.29) is 24.0 Å². The van der Waals surface area contributed by atoms with Crippen LogP contribution >= 0.6 is 24.0 Å². The Kier molecular flexibility index (Phi) is 11.7. The SMILES string of the molecule is CN=C(NCCCN1CCN(Cc2ccccc2)CC1)NCc1ccccc1OC.I. The van der Waals surface area contributed by atoms with Crippen molar-refractivity contribution in [3.8, 4) is 5.75 Å². The van der Waals surface area contributed by atoms with E-state index in [4.69, 9.17) is 4.74 Å². The van der Waals surface area contributed by atoms with Crippen molar-refractivity contribution < 1.29 is 4.74 Å². The minimum Gasteiger partial charge on any atom is -0.496 e. The van der Waals surface area contributed by atoms with Crippen LogP contribution in [0.25, 0.3) is 0 Å². The van der Waals surface area contributed by atoms with Crippen molar-refractivity contribution in [2.45, 2.75) is 19.5 Å². The van der Waals surface area contributed by atoms with Gasteiger partial charge in [-0.2, -0.15) is 0 Å². The molecule has 0 radical (unpaired) electrons. The Morgan fingerprint density at radius 1 is 0.935 bits per heavy atom. The molecule has 0 amide bonds. The van der Waals surface area contributed by atoms with Crippen LogP contribution in [0.5, 0.6) is 5.75 Å². The summed E-state index contributed by atoms with van der Waals surface area (Å²) in [5, 5.41) is 6.79. The number of halogens is 1. The number of rotatable bonds is 9. The van der Waals surface area contributed by atoms with E-state index in [1.165, 1.54) is 5.56 Å². The summed E-state index contributed by atoms with van der Waals surface area (Å²) in [5.41, 5.74) is 2.53. The van der Waals surface area contributed by atoms with Gasteiger partial charge in [-0.3, -0.25) is 9.89 Å². The maximum Gasteiger partial charge on any atom is 0.191 e. The fourth-order valence-corrected chi connectivity index (χ4v) is 3.77. The number of guanidine groups is 1. The Bertz CT molecular complexity index is 779. The molecule has 170 valence electrons. The topological polar surface area (TPSA) is 52.1 Å². The van der Waals surface area contributed by atoms with Gasteiger partial charge in [0.15, 0.2) is 5.96 Å². The van der Waals surface area contributed by atoms with Gasteiger partial charge >= 0.3 is 0 Å². The predicted molar refractivity (Wildman–Crippen MR) is 139 cm³/mol. The molecule has 1 heterocycles. The molecule has 0 spiro atoms. The molecule has 1 aliphatic heterocycles. The Hall–Kier alpha value is -1.84. The highest BCUT2D eigenvalue weighted by Gasteiger charge is 2.16. The van der Waals surface area contributed by atoms with Crippen molar-refractivity contribution in [1.29, 1.82) is 0 Å². The lowest BCUT2D eigenvalue weighted by Gasteiger charge is -2.34. The van der Waals surface area contributed by atoms with E-state index in [1.807, 2.05) is 25.2 Å². The molecule has 6 nitrogen and oxygen atoms in total. The van der Waals surface area contributed by atoms with Crippen LogP contribution < -0.4 is 15.4 Å². The number of hydrogen-bond donors (Lipinski definition) is 2. The molecular formula is C24H36IN5O. The van der Waals surface area contributed by atoms with E-state index in [0.29, 0.717) is 6.54 Å². The second-order valence-corrected chi connectivity index (χ2v) is 7.62. The van der Waals surface area contributed by atoms with Gasteiger partial charge in [0.2, 0.25) is 0 Å². The standard InChI is InChI=1S/C24H35N5O.HI/c1-25-24(27-19-22-11-6-7-12-23(22)30-2)26-13-8-14-28-15-17-29(18-16-28)20-21-9-4-3-5-10-21;/h3-7,9-12H,8,13-20H2,1-2H3,(H2,25,26,27);1H. The average Bonchev–Trinajstić information content (AvgIpc) is 2.80. The Morgan fingerprint density at radius 2 is 1.61 bits per heavy atom. The third-order valence-corrected chi connectivity index (χ3v) is 5.52. The lowest BCUT2D eigenvalue weighted by Crippen LogP contribution is -2.46. The van der Waals surface area contributed by atoms with Crippen LogP contribution in [-0.4, -0.2) is 69.2 Å². The van der Waals surface area contributed by atoms with E-state index < -0.39 is 0 Å². The monoisotopic (exact) mass is 537 g/mol. The van der Waals surface area contributed by atoms with Gasteiger partial charge < -0.3 is 20.3 Å². The summed E-state index contributed by atoms with van der Waals surface area (Å²) in [4.78, 5) is 9.44. The van der Waals surface area contributed by atoms with Gasteiger partial charge in [0.25, 0.3) is 0 Å². The summed E-state index contributed by atoms with van der Waals surface area (Å²) in [5.74, 6) is 1.72. The molecule has 0 aliphatic carbocycles. The number of aliphatic imine (C=N–C) groups is 1. The van der Waals surface area contributed by atoms with Crippen LogP contribution in [0.4, 0.5) is 0 Å². The van der Waals surface area contributed by atoms with E-state index >= 15 is 0 Å². The fourth-order valence-electron chi connectivity index (χ4n) is 3.77. The molecule has 1 aliphatic rings. The van der Waals surface area contributed by atoms with Crippen molar-refractivity contribution in [2.75, 3.05) is 53.4 Å². The Balaban J connectivity index is 0.00000341. The first kappa shape index (κ1) is 25.4. The zero-order valence-corrected chi connectivity index (χ0v) is 21.0. The van der Waals surface area contributed by atoms with Gasteiger partial charge in [0.1, 0.15) is 5.75 Å². The lowest BCUT2D eigenvalue weighted by atomic mass is 10.2. The number of nitrogens with zero attached hydrogens (tertiary/aromatic N) is 3. The van der Waals surface area contributed by atoms with E-state index in [2.05, 4.69) is 61.8 Å². The molecule has 0 atom stereocenters. The smallest absolute Gasteiger partial charge is 0.191 e. The first-order chi connectivity index (χ1) is 14.8. The largest absolute Gasteiger partial charge is 0.496 e. The molecule has 0 saturated carbocycles. The van der Waals surface area contributed by atoms with Crippen molar-refractivity contribution in [3.05, 3.63) is 65.7 Å². The number of hydrogen-bond acceptors (Lipinski definition) is 4. The second kappa shape index (κ2) is 14.3. The van der Waals surface area contributed by atoms with Crippen LogP contribution in [0.2, 0.25) is 0 Å². The van der Waals surface area contributed by atoms with Gasteiger partial charge in [0.05, 0.1) is 7.11 Å². The summed E-state index contributed by atoms with van der Waals surface area (Å²) in [6.07, 6.45) is 1.11. The van der Waals surface area contributed by atoms with Crippen molar-refractivity contribution in [3.63, 3.8) is 0 Å². The maximum absolute atomic E-state index is 5.41. The molecule has 1 fully saturated rings. The minimum absolute atomic E-state index is 0. The van der Waals surface area contributed by atoms with E-state index in [9.17, 15) is 0 Å². The average molecular weight is 537 g/mol. The summed E-state index contributed by atoms with van der Waals surface area (Å²) in [7, 11) is 3.51. The van der Waals surface area contributed by atoms with Gasteiger partial charge in [-0.15, -0.1) is 24.0 Å². The fraction of sp³-hybridized carbons (Fsp3) is 0.458. The first-order valence-electron chi connectivity index (χ1n) is 10.8. The van der Waals surface area contributed by atoms with Crippen molar-refractivity contribution in [1.82, 2.24) is 20.4 Å². The highest BCUT2D eigenvalue weighted by molar-refractivity contribution is 14.0. The third-order valence-electron chi connectivity index (χ3n) is 5.52. The molecule has 31 heavy (non-hydrogen) atoms. The summed E-state index contributed by atoms with van der Waals surface area (Å²) < 4.78 is 5.41. The van der Waals surface area contributed by atoms with Crippen molar-refractivity contribution in [2.24, 2.45) is 4.99 Å². The zero-order chi connectivity index (χ0) is 21.0. The quantitative estimate of drug-likeness (QED) is 0.223. The molecular weight excluding hydrogens is 501 g/mol. The van der Waals surface area contributed by atoms with Crippen LogP contribution in [0, 0.1) is 0 Å². The van der Waals surface area contributed by atoms with Crippen LogP contribution in [0.15, 0.2) is 59.6 Å². The molecule has 0 unspecified atom stereocenters. The molecule has 0 aromatic heterocycles. The number of nitrogens with one attached hydrogen (secondary N) is 2. The van der Waals surface area contributed by atoms with Crippen LogP contribution in [-0.2, 0) is 13.1 Å². The predicted octanol–water partition coefficient (Wildman–Crippen LogP) is 3.19. The third kappa shape index (κ3) is 8.66. The second-order valence-electron chi connectivity index (χ2n) is 7.62. The molecule has 0 bridgehead atoms. The molecule has 2 N–H and O–H groups in total.